The molecule has 0 aliphatic carbocycles. The van der Waals surface area contributed by atoms with Crippen molar-refractivity contribution >= 4 is 29.1 Å². The van der Waals surface area contributed by atoms with Gasteiger partial charge < -0.3 is 19.7 Å². The fraction of sp³-hybridized carbons (Fsp3) is 0.478. The maximum atomic E-state index is 14.6. The van der Waals surface area contributed by atoms with E-state index in [9.17, 15) is 9.18 Å². The predicted molar refractivity (Wildman–Crippen MR) is 126 cm³/mol. The van der Waals surface area contributed by atoms with Gasteiger partial charge in [0.1, 0.15) is 6.61 Å². The zero-order valence-electron chi connectivity index (χ0n) is 19.2. The normalized spacial score (nSPS) is 23.1. The number of rotatable bonds is 5. The van der Waals surface area contributed by atoms with Gasteiger partial charge in [0.2, 0.25) is 0 Å². The van der Waals surface area contributed by atoms with Gasteiger partial charge in [0.25, 0.3) is 0 Å². The number of amides is 1. The van der Waals surface area contributed by atoms with Gasteiger partial charge in [0, 0.05) is 48.6 Å². The van der Waals surface area contributed by atoms with E-state index in [2.05, 4.69) is 20.3 Å². The number of halogens is 2. The zero-order chi connectivity index (χ0) is 24.3. The maximum Gasteiger partial charge on any atom is 0.411 e. The van der Waals surface area contributed by atoms with Gasteiger partial charge >= 0.3 is 6.09 Å². The summed E-state index contributed by atoms with van der Waals surface area (Å²) in [5.41, 5.74) is 7.20. The summed E-state index contributed by atoms with van der Waals surface area (Å²) in [4.78, 5) is 27.1. The number of nitrogens with zero attached hydrogens (tertiary/aromatic N) is 4. The Morgan fingerprint density at radius 2 is 2.26 bits per heavy atom. The Bertz CT molecular complexity index is 1090. The molecule has 182 valence electrons. The highest BCUT2D eigenvalue weighted by Crippen LogP contribution is 2.27. The maximum absolute atomic E-state index is 14.6. The average Bonchev–Trinajstić information content (AvgIpc) is 3.24. The van der Waals surface area contributed by atoms with Crippen molar-refractivity contribution < 1.29 is 18.7 Å². The van der Waals surface area contributed by atoms with Crippen LogP contribution in [0.2, 0.25) is 5.02 Å². The summed E-state index contributed by atoms with van der Waals surface area (Å²) in [7, 11) is 0. The summed E-state index contributed by atoms with van der Waals surface area (Å²) in [5, 5.41) is 3.62. The van der Waals surface area contributed by atoms with E-state index in [-0.39, 0.29) is 18.5 Å². The Morgan fingerprint density at radius 1 is 1.44 bits per heavy atom. The number of allylic oxidation sites excluding steroid dienone is 1. The van der Waals surface area contributed by atoms with Crippen LogP contribution in [0.25, 0.3) is 5.57 Å². The van der Waals surface area contributed by atoms with Crippen LogP contribution in [0.4, 0.5) is 15.0 Å². The summed E-state index contributed by atoms with van der Waals surface area (Å²) >= 11 is 6.13. The lowest BCUT2D eigenvalue weighted by Crippen LogP contribution is -2.51. The number of carbonyl (C=O) groups excluding carboxylic acids is 1. The number of pyridine rings is 1. The van der Waals surface area contributed by atoms with E-state index in [0.717, 1.165) is 30.3 Å². The second kappa shape index (κ2) is 10.2. The van der Waals surface area contributed by atoms with Gasteiger partial charge in [-0.3, -0.25) is 10.7 Å². The summed E-state index contributed by atoms with van der Waals surface area (Å²) in [6.45, 7) is 5.22. The number of aryl methyl sites for hydroxylation is 1. The van der Waals surface area contributed by atoms with Crippen molar-refractivity contribution in [2.24, 2.45) is 5.73 Å². The monoisotopic (exact) mass is 490 g/mol. The first-order valence-corrected chi connectivity index (χ1v) is 11.6. The second-order valence-electron chi connectivity index (χ2n) is 8.54. The third kappa shape index (κ3) is 5.45. The number of piperidine rings is 1. The Hall–Kier alpha value is -2.82. The molecule has 3 N–H and O–H groups in total. The van der Waals surface area contributed by atoms with Crippen LogP contribution in [-0.4, -0.2) is 64.0 Å². The van der Waals surface area contributed by atoms with Crippen molar-refractivity contribution in [3.05, 3.63) is 52.5 Å². The number of nitrogens with one attached hydrogen (secondary N) is 1. The van der Waals surface area contributed by atoms with E-state index in [1.165, 1.54) is 0 Å². The molecule has 11 heteroatoms. The van der Waals surface area contributed by atoms with Crippen molar-refractivity contribution in [2.75, 3.05) is 31.6 Å². The minimum Gasteiger partial charge on any atom is -0.425 e. The highest BCUT2D eigenvalue weighted by Gasteiger charge is 2.37. The number of hydrogen-bond donors (Lipinski definition) is 2. The first kappa shape index (κ1) is 24.3. The fourth-order valence-corrected chi connectivity index (χ4v) is 4.28. The Balaban J connectivity index is 1.49. The molecule has 0 aromatic carbocycles. The Labute approximate surface area is 202 Å². The van der Waals surface area contributed by atoms with Gasteiger partial charge in [-0.25, -0.2) is 19.2 Å². The number of anilines is 1. The molecule has 0 unspecified atom stereocenters. The van der Waals surface area contributed by atoms with Gasteiger partial charge in [-0.05, 0) is 32.8 Å². The molecule has 2 aromatic rings. The summed E-state index contributed by atoms with van der Waals surface area (Å²) in [5.74, 6) is -0.169. The van der Waals surface area contributed by atoms with Crippen molar-refractivity contribution in [1.82, 2.24) is 19.9 Å². The quantitative estimate of drug-likeness (QED) is 0.612. The molecule has 34 heavy (non-hydrogen) atoms. The molecule has 2 aliphatic rings. The highest BCUT2D eigenvalue weighted by molar-refractivity contribution is 6.30. The van der Waals surface area contributed by atoms with E-state index in [1.54, 1.807) is 17.2 Å². The first-order chi connectivity index (χ1) is 16.3. The minimum absolute atomic E-state index is 0.0664. The van der Waals surface area contributed by atoms with Crippen molar-refractivity contribution in [3.63, 3.8) is 0 Å². The average molecular weight is 491 g/mol. The fourth-order valence-electron chi connectivity index (χ4n) is 4.12. The van der Waals surface area contributed by atoms with Gasteiger partial charge in [-0.15, -0.1) is 0 Å². The van der Waals surface area contributed by atoms with Crippen LogP contribution in [0, 0.1) is 12.7 Å². The summed E-state index contributed by atoms with van der Waals surface area (Å²) in [6, 6.07) is 1.57. The SMILES string of the molecule is C/C=C(/c1ncc(F)c(N[C@H]2CCCN(C(=O)O[C@@]3(N)CCOC3)C2)n1)c1cc(Cl)cnc1C. The largest absolute Gasteiger partial charge is 0.425 e. The molecule has 4 heterocycles. The lowest BCUT2D eigenvalue weighted by molar-refractivity contribution is -0.0145. The first-order valence-electron chi connectivity index (χ1n) is 11.2. The molecule has 0 bridgehead atoms. The summed E-state index contributed by atoms with van der Waals surface area (Å²) in [6.07, 6.45) is 5.97. The number of nitrogens with two attached hydrogens (primary N) is 1. The van der Waals surface area contributed by atoms with Gasteiger partial charge in [-0.2, -0.15) is 0 Å². The van der Waals surface area contributed by atoms with E-state index in [4.69, 9.17) is 26.8 Å². The molecule has 4 rings (SSSR count). The number of hydrogen-bond acceptors (Lipinski definition) is 8. The lowest BCUT2D eigenvalue weighted by Gasteiger charge is -2.34. The Morgan fingerprint density at radius 3 is 3.00 bits per heavy atom. The standard InChI is InChI=1S/C23H28ClFN6O3/c1-3-17(18-9-15(24)10-27-14(18)2)20-28-11-19(25)21(30-20)29-16-5-4-7-31(12-16)22(32)34-23(26)6-8-33-13-23/h3,9-11,16H,4-8,12-13,26H2,1-2H3,(H,28,29,30)/b17-3+/t16-,23-/m0/s1. The molecule has 2 atom stereocenters. The van der Waals surface area contributed by atoms with Crippen molar-refractivity contribution in [2.45, 2.75) is 44.9 Å². The highest BCUT2D eigenvalue weighted by atomic mass is 35.5. The predicted octanol–water partition coefficient (Wildman–Crippen LogP) is 3.51. The number of ether oxygens (including phenoxy) is 2. The van der Waals surface area contributed by atoms with Gasteiger partial charge in [0.05, 0.1) is 17.8 Å². The van der Waals surface area contributed by atoms with Gasteiger partial charge in [-0.1, -0.05) is 17.7 Å². The molecule has 2 aliphatic heterocycles. The summed E-state index contributed by atoms with van der Waals surface area (Å²) < 4.78 is 25.4. The number of aromatic nitrogens is 3. The molecule has 2 fully saturated rings. The minimum atomic E-state index is -1.10. The van der Waals surface area contributed by atoms with Crippen molar-refractivity contribution in [1.29, 1.82) is 0 Å². The van der Waals surface area contributed by atoms with Crippen LogP contribution < -0.4 is 11.1 Å². The molecular formula is C23H28ClFN6O3. The molecule has 9 nitrogen and oxygen atoms in total. The molecule has 2 saturated heterocycles. The van der Waals surface area contributed by atoms with E-state index < -0.39 is 17.6 Å². The van der Waals surface area contributed by atoms with E-state index >= 15 is 0 Å². The van der Waals surface area contributed by atoms with E-state index in [0.29, 0.717) is 42.5 Å². The van der Waals surface area contributed by atoms with Crippen LogP contribution in [0.3, 0.4) is 0 Å². The van der Waals surface area contributed by atoms with E-state index in [1.807, 2.05) is 19.9 Å². The molecule has 0 saturated carbocycles. The third-order valence-corrected chi connectivity index (χ3v) is 6.15. The second-order valence-corrected chi connectivity index (χ2v) is 8.98. The van der Waals surface area contributed by atoms with Crippen LogP contribution in [0.1, 0.15) is 43.3 Å². The smallest absolute Gasteiger partial charge is 0.411 e. The number of likely N-dealkylation sites (tertiary alicyclic amines) is 1. The van der Waals surface area contributed by atoms with Crippen LogP contribution in [-0.2, 0) is 9.47 Å². The Kier molecular flexibility index (Phi) is 7.30. The van der Waals surface area contributed by atoms with Gasteiger partial charge in [0.15, 0.2) is 23.2 Å². The molecule has 0 radical (unpaired) electrons. The molecular weight excluding hydrogens is 463 g/mol. The molecule has 1 amide bonds. The molecule has 2 aromatic heterocycles. The number of carbonyl (C=O) groups is 1. The van der Waals surface area contributed by atoms with Crippen LogP contribution in [0.15, 0.2) is 24.5 Å². The third-order valence-electron chi connectivity index (χ3n) is 5.94. The molecule has 0 spiro atoms. The van der Waals surface area contributed by atoms with Crippen LogP contribution in [0.5, 0.6) is 0 Å². The lowest BCUT2D eigenvalue weighted by atomic mass is 10.0. The zero-order valence-corrected chi connectivity index (χ0v) is 19.9. The van der Waals surface area contributed by atoms with Crippen LogP contribution >= 0.6 is 11.6 Å². The topological polar surface area (TPSA) is 115 Å². The van der Waals surface area contributed by atoms with Crippen molar-refractivity contribution in [3.8, 4) is 0 Å².